The van der Waals surface area contributed by atoms with Crippen LogP contribution in [0.25, 0.3) is 0 Å². The molecule has 2 heteroatoms. The number of unbranched alkanes of at least 4 members (excludes halogenated alkanes) is 2. The molecule has 2 unspecified atom stereocenters. The van der Waals surface area contributed by atoms with Crippen molar-refractivity contribution in [1.82, 2.24) is 5.32 Å². The van der Waals surface area contributed by atoms with Crippen molar-refractivity contribution in [3.63, 3.8) is 0 Å². The monoisotopic (exact) mass is 249 g/mol. The van der Waals surface area contributed by atoms with E-state index < -0.39 is 0 Å². The van der Waals surface area contributed by atoms with Crippen LogP contribution >= 0.6 is 0 Å². The molecule has 0 aliphatic heterocycles. The van der Waals surface area contributed by atoms with Crippen LogP contribution in [0.15, 0.2) is 24.3 Å². The summed E-state index contributed by atoms with van der Waals surface area (Å²) in [5, 5.41) is 3.65. The van der Waals surface area contributed by atoms with Crippen LogP contribution in [0.5, 0.6) is 5.75 Å². The van der Waals surface area contributed by atoms with E-state index in [2.05, 4.69) is 38.2 Å². The molecule has 0 aromatic heterocycles. The third-order valence-electron chi connectivity index (χ3n) is 3.38. The largest absolute Gasteiger partial charge is 0.496 e. The molecule has 0 radical (unpaired) electrons. The number of hydrogen-bond donors (Lipinski definition) is 1. The standard InChI is InChI=1S/C16H27NO/c1-5-6-7-10-13(2)17-14(3)15-11-8-9-12-16(15)18-4/h8-9,11-14,17H,5-7,10H2,1-4H3. The van der Waals surface area contributed by atoms with Crippen LogP contribution < -0.4 is 10.1 Å². The zero-order valence-corrected chi connectivity index (χ0v) is 12.2. The number of benzene rings is 1. The molecule has 102 valence electrons. The van der Waals surface area contributed by atoms with Gasteiger partial charge in [-0.25, -0.2) is 0 Å². The Morgan fingerprint density at radius 2 is 1.89 bits per heavy atom. The van der Waals surface area contributed by atoms with E-state index in [4.69, 9.17) is 4.74 Å². The van der Waals surface area contributed by atoms with Gasteiger partial charge in [-0.3, -0.25) is 0 Å². The molecule has 1 rings (SSSR count). The predicted molar refractivity (Wildman–Crippen MR) is 78.1 cm³/mol. The second-order valence-electron chi connectivity index (χ2n) is 5.03. The van der Waals surface area contributed by atoms with E-state index in [0.29, 0.717) is 12.1 Å². The van der Waals surface area contributed by atoms with Gasteiger partial charge in [0.2, 0.25) is 0 Å². The van der Waals surface area contributed by atoms with Gasteiger partial charge in [-0.05, 0) is 26.3 Å². The van der Waals surface area contributed by atoms with E-state index in [9.17, 15) is 0 Å². The van der Waals surface area contributed by atoms with Crippen LogP contribution in [0.2, 0.25) is 0 Å². The van der Waals surface area contributed by atoms with Crippen molar-refractivity contribution in [3.8, 4) is 5.75 Å². The van der Waals surface area contributed by atoms with E-state index >= 15 is 0 Å². The Labute approximate surface area is 112 Å². The number of rotatable bonds is 8. The van der Waals surface area contributed by atoms with E-state index in [0.717, 1.165) is 5.75 Å². The highest BCUT2D eigenvalue weighted by Crippen LogP contribution is 2.24. The molecule has 0 amide bonds. The predicted octanol–water partition coefficient (Wildman–Crippen LogP) is 4.31. The number of ether oxygens (including phenoxy) is 1. The molecule has 1 aromatic rings. The second kappa shape index (κ2) is 8.15. The Morgan fingerprint density at radius 1 is 1.17 bits per heavy atom. The third-order valence-corrected chi connectivity index (χ3v) is 3.38. The van der Waals surface area contributed by atoms with E-state index in [1.54, 1.807) is 7.11 Å². The summed E-state index contributed by atoms with van der Waals surface area (Å²) >= 11 is 0. The molecule has 0 aliphatic carbocycles. The lowest BCUT2D eigenvalue weighted by Crippen LogP contribution is -2.29. The summed E-state index contributed by atoms with van der Waals surface area (Å²) in [6, 6.07) is 9.12. The molecule has 0 bridgehead atoms. The maximum absolute atomic E-state index is 5.41. The van der Waals surface area contributed by atoms with Crippen molar-refractivity contribution in [2.24, 2.45) is 0 Å². The Hall–Kier alpha value is -1.02. The zero-order chi connectivity index (χ0) is 13.4. The fraction of sp³-hybridized carbons (Fsp3) is 0.625. The molecule has 0 fully saturated rings. The fourth-order valence-electron chi connectivity index (χ4n) is 2.32. The SMILES string of the molecule is CCCCCC(C)NC(C)c1ccccc1OC. The molecule has 2 nitrogen and oxygen atoms in total. The summed E-state index contributed by atoms with van der Waals surface area (Å²) in [5.74, 6) is 0.971. The smallest absolute Gasteiger partial charge is 0.123 e. The average Bonchev–Trinajstić information content (AvgIpc) is 2.39. The van der Waals surface area contributed by atoms with Crippen LogP contribution in [-0.2, 0) is 0 Å². The molecular weight excluding hydrogens is 222 g/mol. The van der Waals surface area contributed by atoms with Gasteiger partial charge in [-0.2, -0.15) is 0 Å². The maximum atomic E-state index is 5.41. The lowest BCUT2D eigenvalue weighted by atomic mass is 10.0. The van der Waals surface area contributed by atoms with Crippen molar-refractivity contribution in [1.29, 1.82) is 0 Å². The van der Waals surface area contributed by atoms with Crippen LogP contribution in [0.3, 0.4) is 0 Å². The minimum Gasteiger partial charge on any atom is -0.496 e. The third kappa shape index (κ3) is 4.69. The first-order valence-corrected chi connectivity index (χ1v) is 7.08. The fourth-order valence-corrected chi connectivity index (χ4v) is 2.32. The first-order chi connectivity index (χ1) is 8.69. The molecule has 18 heavy (non-hydrogen) atoms. The van der Waals surface area contributed by atoms with Gasteiger partial charge in [-0.15, -0.1) is 0 Å². The van der Waals surface area contributed by atoms with Gasteiger partial charge in [0.05, 0.1) is 7.11 Å². The van der Waals surface area contributed by atoms with Gasteiger partial charge >= 0.3 is 0 Å². The van der Waals surface area contributed by atoms with Crippen molar-refractivity contribution in [2.45, 2.75) is 58.5 Å². The molecule has 0 saturated heterocycles. The Morgan fingerprint density at radius 3 is 2.56 bits per heavy atom. The van der Waals surface area contributed by atoms with Gasteiger partial charge in [0.25, 0.3) is 0 Å². The van der Waals surface area contributed by atoms with E-state index in [1.807, 2.05) is 12.1 Å². The molecule has 1 N–H and O–H groups in total. The van der Waals surface area contributed by atoms with Crippen molar-refractivity contribution < 1.29 is 4.74 Å². The van der Waals surface area contributed by atoms with Gasteiger partial charge in [-0.1, -0.05) is 44.4 Å². The van der Waals surface area contributed by atoms with Gasteiger partial charge < -0.3 is 10.1 Å². The number of para-hydroxylation sites is 1. The number of methoxy groups -OCH3 is 1. The highest BCUT2D eigenvalue weighted by Gasteiger charge is 2.12. The van der Waals surface area contributed by atoms with E-state index in [-0.39, 0.29) is 0 Å². The van der Waals surface area contributed by atoms with E-state index in [1.165, 1.54) is 31.2 Å². The zero-order valence-electron chi connectivity index (χ0n) is 12.2. The Balaban J connectivity index is 2.51. The first-order valence-electron chi connectivity index (χ1n) is 7.08. The van der Waals surface area contributed by atoms with Crippen LogP contribution in [0.4, 0.5) is 0 Å². The van der Waals surface area contributed by atoms with Crippen molar-refractivity contribution in [2.75, 3.05) is 7.11 Å². The minimum atomic E-state index is 0.331. The molecule has 2 atom stereocenters. The Kier molecular flexibility index (Phi) is 6.81. The average molecular weight is 249 g/mol. The molecule has 0 aliphatic rings. The molecule has 0 saturated carbocycles. The van der Waals surface area contributed by atoms with Crippen LogP contribution in [-0.4, -0.2) is 13.2 Å². The Bertz CT molecular complexity index is 338. The maximum Gasteiger partial charge on any atom is 0.123 e. The lowest BCUT2D eigenvalue weighted by molar-refractivity contribution is 0.390. The number of hydrogen-bond acceptors (Lipinski definition) is 2. The number of nitrogens with one attached hydrogen (secondary N) is 1. The van der Waals surface area contributed by atoms with Gasteiger partial charge in [0, 0.05) is 17.6 Å². The summed E-state index contributed by atoms with van der Waals surface area (Å²) in [6.45, 7) is 6.71. The quantitative estimate of drug-likeness (QED) is 0.693. The summed E-state index contributed by atoms with van der Waals surface area (Å²) in [5.41, 5.74) is 1.24. The van der Waals surface area contributed by atoms with Crippen LogP contribution in [0.1, 0.15) is 58.1 Å². The molecular formula is C16H27NO. The topological polar surface area (TPSA) is 21.3 Å². The summed E-state index contributed by atoms with van der Waals surface area (Å²) in [4.78, 5) is 0. The summed E-state index contributed by atoms with van der Waals surface area (Å²) < 4.78 is 5.41. The highest BCUT2D eigenvalue weighted by molar-refractivity contribution is 5.35. The minimum absolute atomic E-state index is 0.331. The normalized spacial score (nSPS) is 14.2. The molecule has 0 spiro atoms. The summed E-state index contributed by atoms with van der Waals surface area (Å²) in [7, 11) is 1.73. The van der Waals surface area contributed by atoms with Crippen molar-refractivity contribution >= 4 is 0 Å². The first kappa shape index (κ1) is 15.0. The molecule has 0 heterocycles. The van der Waals surface area contributed by atoms with Gasteiger partial charge in [0.1, 0.15) is 5.75 Å². The highest BCUT2D eigenvalue weighted by atomic mass is 16.5. The second-order valence-corrected chi connectivity index (χ2v) is 5.03. The summed E-state index contributed by atoms with van der Waals surface area (Å²) in [6.07, 6.45) is 5.17. The lowest BCUT2D eigenvalue weighted by Gasteiger charge is -2.22. The van der Waals surface area contributed by atoms with Crippen LogP contribution in [0, 0.1) is 0 Å². The molecule has 1 aromatic carbocycles. The van der Waals surface area contributed by atoms with Crippen molar-refractivity contribution in [3.05, 3.63) is 29.8 Å². The van der Waals surface area contributed by atoms with Gasteiger partial charge in [0.15, 0.2) is 0 Å².